The predicted octanol–water partition coefficient (Wildman–Crippen LogP) is 0.784. The summed E-state index contributed by atoms with van der Waals surface area (Å²) in [5.74, 6) is 2.69. The zero-order valence-electron chi connectivity index (χ0n) is 11.0. The number of aliphatic hydroxyl groups is 1. The van der Waals surface area contributed by atoms with Gasteiger partial charge in [-0.25, -0.2) is 0 Å². The Morgan fingerprint density at radius 2 is 1.94 bits per heavy atom. The first-order valence-electron chi connectivity index (χ1n) is 7.10. The highest BCUT2D eigenvalue weighted by atomic mass is 16.3. The van der Waals surface area contributed by atoms with E-state index in [2.05, 4.69) is 26.6 Å². The number of aromatic nitrogens is 3. The van der Waals surface area contributed by atoms with Gasteiger partial charge in [0.05, 0.1) is 6.10 Å². The molecule has 2 aliphatic heterocycles. The van der Waals surface area contributed by atoms with Gasteiger partial charge in [-0.2, -0.15) is 0 Å². The van der Waals surface area contributed by atoms with Crippen LogP contribution in [0.2, 0.25) is 0 Å². The largest absolute Gasteiger partial charge is 0.393 e. The van der Waals surface area contributed by atoms with Gasteiger partial charge in [0.15, 0.2) is 0 Å². The Kier molecular flexibility index (Phi) is 3.35. The van der Waals surface area contributed by atoms with E-state index < -0.39 is 0 Å². The van der Waals surface area contributed by atoms with Gasteiger partial charge in [-0.05, 0) is 38.9 Å². The van der Waals surface area contributed by atoms with E-state index in [0.29, 0.717) is 12.3 Å². The van der Waals surface area contributed by atoms with Crippen molar-refractivity contribution in [3.05, 3.63) is 11.6 Å². The molecule has 18 heavy (non-hydrogen) atoms. The Bertz CT molecular complexity index is 409. The van der Waals surface area contributed by atoms with Crippen molar-refractivity contribution in [1.82, 2.24) is 19.7 Å². The molecule has 1 unspecified atom stereocenters. The summed E-state index contributed by atoms with van der Waals surface area (Å²) in [5.41, 5.74) is 0. The molecule has 0 aliphatic carbocycles. The maximum atomic E-state index is 9.65. The number of nitrogens with zero attached hydrogens (tertiary/aromatic N) is 4. The van der Waals surface area contributed by atoms with Crippen LogP contribution in [0.5, 0.6) is 0 Å². The lowest BCUT2D eigenvalue weighted by Crippen LogP contribution is -2.34. The molecule has 1 fully saturated rings. The lowest BCUT2D eigenvalue weighted by Gasteiger charge is -2.31. The van der Waals surface area contributed by atoms with Gasteiger partial charge in [0.2, 0.25) is 0 Å². The van der Waals surface area contributed by atoms with Crippen LogP contribution in [0, 0.1) is 0 Å². The van der Waals surface area contributed by atoms with E-state index in [1.54, 1.807) is 0 Å². The Morgan fingerprint density at radius 1 is 1.17 bits per heavy atom. The molecule has 0 saturated carbocycles. The number of hydrogen-bond acceptors (Lipinski definition) is 4. The highest BCUT2D eigenvalue weighted by molar-refractivity contribution is 5.06. The average Bonchev–Trinajstić information content (AvgIpc) is 2.81. The molecule has 5 heteroatoms. The molecule has 3 rings (SSSR count). The van der Waals surface area contributed by atoms with Crippen molar-refractivity contribution >= 4 is 0 Å². The molecule has 3 heterocycles. The fourth-order valence-electron chi connectivity index (χ4n) is 3.14. The molecule has 1 saturated heterocycles. The first-order chi connectivity index (χ1) is 8.78. The standard InChI is InChI=1S/C13H22N4O/c1-2-16-6-3-10(4-7-16)13-15-14-12-9-11(18)5-8-17(12)13/h10-11,18H,2-9H2,1H3. The van der Waals surface area contributed by atoms with Gasteiger partial charge in [0.25, 0.3) is 0 Å². The molecule has 0 aromatic carbocycles. The molecule has 1 aromatic heterocycles. The summed E-state index contributed by atoms with van der Waals surface area (Å²) >= 11 is 0. The van der Waals surface area contributed by atoms with Crippen LogP contribution in [0.15, 0.2) is 0 Å². The lowest BCUT2D eigenvalue weighted by molar-refractivity contribution is 0.139. The van der Waals surface area contributed by atoms with E-state index in [9.17, 15) is 5.11 Å². The van der Waals surface area contributed by atoms with Gasteiger partial charge >= 0.3 is 0 Å². The summed E-state index contributed by atoms with van der Waals surface area (Å²) in [7, 11) is 0. The van der Waals surface area contributed by atoms with Gasteiger partial charge in [-0.15, -0.1) is 10.2 Å². The van der Waals surface area contributed by atoms with Crippen LogP contribution in [0.3, 0.4) is 0 Å². The molecule has 0 amide bonds. The minimum absolute atomic E-state index is 0.225. The maximum absolute atomic E-state index is 9.65. The van der Waals surface area contributed by atoms with Gasteiger partial charge < -0.3 is 14.6 Å². The molecule has 0 bridgehead atoms. The normalized spacial score (nSPS) is 26.2. The minimum atomic E-state index is -0.225. The Hall–Kier alpha value is -0.940. The van der Waals surface area contributed by atoms with E-state index in [4.69, 9.17) is 0 Å². The molecular weight excluding hydrogens is 228 g/mol. The zero-order valence-corrected chi connectivity index (χ0v) is 11.0. The molecular formula is C13H22N4O. The average molecular weight is 250 g/mol. The number of fused-ring (bicyclic) bond motifs is 1. The molecule has 1 N–H and O–H groups in total. The number of rotatable bonds is 2. The third kappa shape index (κ3) is 2.17. The summed E-state index contributed by atoms with van der Waals surface area (Å²) in [6.07, 6.45) is 3.66. The molecule has 1 atom stereocenters. The van der Waals surface area contributed by atoms with E-state index in [1.807, 2.05) is 0 Å². The van der Waals surface area contributed by atoms with Crippen LogP contribution in [0.4, 0.5) is 0 Å². The zero-order chi connectivity index (χ0) is 12.5. The molecule has 2 aliphatic rings. The Balaban J connectivity index is 1.74. The van der Waals surface area contributed by atoms with Crippen molar-refractivity contribution in [2.45, 2.75) is 51.2 Å². The first-order valence-corrected chi connectivity index (χ1v) is 7.10. The number of likely N-dealkylation sites (tertiary alicyclic amines) is 1. The van der Waals surface area contributed by atoms with Gasteiger partial charge in [0.1, 0.15) is 11.6 Å². The predicted molar refractivity (Wildman–Crippen MR) is 68.4 cm³/mol. The molecule has 100 valence electrons. The minimum Gasteiger partial charge on any atom is -0.393 e. The lowest BCUT2D eigenvalue weighted by atomic mass is 9.95. The summed E-state index contributed by atoms with van der Waals surface area (Å²) < 4.78 is 2.25. The third-order valence-electron chi connectivity index (χ3n) is 4.36. The highest BCUT2D eigenvalue weighted by Gasteiger charge is 2.28. The van der Waals surface area contributed by atoms with E-state index >= 15 is 0 Å². The molecule has 0 radical (unpaired) electrons. The number of piperidine rings is 1. The van der Waals surface area contributed by atoms with E-state index in [-0.39, 0.29) is 6.10 Å². The SMILES string of the molecule is CCN1CCC(c2nnc3n2CCC(O)C3)CC1. The van der Waals surface area contributed by atoms with Crippen LogP contribution in [-0.4, -0.2) is 50.5 Å². The Morgan fingerprint density at radius 3 is 2.67 bits per heavy atom. The molecule has 5 nitrogen and oxygen atoms in total. The quantitative estimate of drug-likeness (QED) is 0.843. The Labute approximate surface area is 108 Å². The first kappa shape index (κ1) is 12.1. The van der Waals surface area contributed by atoms with Crippen molar-refractivity contribution < 1.29 is 5.11 Å². The summed E-state index contributed by atoms with van der Waals surface area (Å²) in [6.45, 7) is 6.60. The summed E-state index contributed by atoms with van der Waals surface area (Å²) in [5, 5.41) is 18.3. The van der Waals surface area contributed by atoms with Crippen molar-refractivity contribution in [3.63, 3.8) is 0 Å². The highest BCUT2D eigenvalue weighted by Crippen LogP contribution is 2.28. The van der Waals surface area contributed by atoms with Crippen molar-refractivity contribution in [3.8, 4) is 0 Å². The van der Waals surface area contributed by atoms with Crippen LogP contribution in [0.1, 0.15) is 43.8 Å². The van der Waals surface area contributed by atoms with Crippen molar-refractivity contribution in [2.24, 2.45) is 0 Å². The third-order valence-corrected chi connectivity index (χ3v) is 4.36. The second-order valence-corrected chi connectivity index (χ2v) is 5.48. The monoisotopic (exact) mass is 250 g/mol. The second kappa shape index (κ2) is 4.97. The van der Waals surface area contributed by atoms with Crippen LogP contribution in [0.25, 0.3) is 0 Å². The van der Waals surface area contributed by atoms with Gasteiger partial charge in [-0.1, -0.05) is 6.92 Å². The van der Waals surface area contributed by atoms with Crippen molar-refractivity contribution in [2.75, 3.05) is 19.6 Å². The smallest absolute Gasteiger partial charge is 0.136 e. The molecule has 0 spiro atoms. The van der Waals surface area contributed by atoms with Crippen LogP contribution in [-0.2, 0) is 13.0 Å². The fraction of sp³-hybridized carbons (Fsp3) is 0.846. The number of aliphatic hydroxyl groups excluding tert-OH is 1. The van der Waals surface area contributed by atoms with Crippen LogP contribution < -0.4 is 0 Å². The topological polar surface area (TPSA) is 54.2 Å². The van der Waals surface area contributed by atoms with Gasteiger partial charge in [0, 0.05) is 18.9 Å². The second-order valence-electron chi connectivity index (χ2n) is 5.48. The van der Waals surface area contributed by atoms with E-state index in [1.165, 1.54) is 25.9 Å². The maximum Gasteiger partial charge on any atom is 0.136 e. The molecule has 1 aromatic rings. The summed E-state index contributed by atoms with van der Waals surface area (Å²) in [4.78, 5) is 2.49. The fourth-order valence-corrected chi connectivity index (χ4v) is 3.14. The number of hydrogen-bond donors (Lipinski definition) is 1. The van der Waals surface area contributed by atoms with Crippen LogP contribution >= 0.6 is 0 Å². The van der Waals surface area contributed by atoms with E-state index in [0.717, 1.165) is 31.2 Å². The summed E-state index contributed by atoms with van der Waals surface area (Å²) in [6, 6.07) is 0. The van der Waals surface area contributed by atoms with Gasteiger partial charge in [-0.3, -0.25) is 0 Å². The van der Waals surface area contributed by atoms with Crippen molar-refractivity contribution in [1.29, 1.82) is 0 Å².